The molecule has 1 atom stereocenters. The summed E-state index contributed by atoms with van der Waals surface area (Å²) in [5.41, 5.74) is 1.96. The molecule has 2 aromatic carbocycles. The van der Waals surface area contributed by atoms with Gasteiger partial charge in [-0.1, -0.05) is 23.5 Å². The fraction of sp³-hybridized carbons (Fsp3) is 0.250. The summed E-state index contributed by atoms with van der Waals surface area (Å²) >= 11 is 1.51. The number of amides is 1. The molecule has 2 heterocycles. The van der Waals surface area contributed by atoms with Crippen molar-refractivity contribution in [2.75, 3.05) is 18.1 Å². The van der Waals surface area contributed by atoms with E-state index in [0.29, 0.717) is 22.8 Å². The van der Waals surface area contributed by atoms with Crippen molar-refractivity contribution in [2.24, 2.45) is 0 Å². The second kappa shape index (κ2) is 7.24. The Morgan fingerprint density at radius 1 is 1.27 bits per heavy atom. The largest absolute Gasteiger partial charge is 0.376 e. The number of thiazole rings is 1. The first-order valence-corrected chi connectivity index (χ1v) is 9.35. The molecule has 4 rings (SSSR count). The predicted octanol–water partition coefficient (Wildman–Crippen LogP) is 3.99. The molecule has 0 radical (unpaired) electrons. The Morgan fingerprint density at radius 3 is 2.77 bits per heavy atom. The van der Waals surface area contributed by atoms with E-state index in [0.717, 1.165) is 29.7 Å². The lowest BCUT2D eigenvalue weighted by Crippen LogP contribution is -2.37. The lowest BCUT2D eigenvalue weighted by molar-refractivity contribution is 0.0917. The number of nitriles is 1. The van der Waals surface area contributed by atoms with Gasteiger partial charge in [-0.15, -0.1) is 0 Å². The number of carbonyl (C=O) groups is 1. The van der Waals surface area contributed by atoms with Crippen LogP contribution in [0.25, 0.3) is 10.2 Å². The summed E-state index contributed by atoms with van der Waals surface area (Å²) < 4.78 is 6.79. The van der Waals surface area contributed by atoms with E-state index in [9.17, 15) is 4.79 Å². The van der Waals surface area contributed by atoms with Crippen LogP contribution in [0.2, 0.25) is 0 Å². The SMILES string of the molecule is N#Cc1ccc(C(=O)N(C[C@@H]2CCCO2)c2nc3ccccc3s2)cc1. The predicted molar refractivity (Wildman–Crippen MR) is 101 cm³/mol. The molecule has 0 N–H and O–H groups in total. The molecule has 0 saturated carbocycles. The number of carbonyl (C=O) groups excluding carboxylic acids is 1. The summed E-state index contributed by atoms with van der Waals surface area (Å²) in [5.74, 6) is -0.121. The summed E-state index contributed by atoms with van der Waals surface area (Å²) in [6.45, 7) is 1.22. The number of para-hydroxylation sites is 1. The van der Waals surface area contributed by atoms with Crippen molar-refractivity contribution >= 4 is 32.6 Å². The second-order valence-corrected chi connectivity index (χ2v) is 7.21. The molecule has 1 aliphatic rings. The van der Waals surface area contributed by atoms with Gasteiger partial charge >= 0.3 is 0 Å². The van der Waals surface area contributed by atoms with E-state index in [2.05, 4.69) is 11.1 Å². The first-order valence-electron chi connectivity index (χ1n) is 8.54. The lowest BCUT2D eigenvalue weighted by atomic mass is 10.1. The van der Waals surface area contributed by atoms with E-state index < -0.39 is 0 Å². The van der Waals surface area contributed by atoms with Crippen LogP contribution in [0.15, 0.2) is 48.5 Å². The monoisotopic (exact) mass is 363 g/mol. The van der Waals surface area contributed by atoms with Gasteiger partial charge in [0.25, 0.3) is 5.91 Å². The van der Waals surface area contributed by atoms with Crippen molar-refractivity contribution in [3.05, 3.63) is 59.7 Å². The fourth-order valence-electron chi connectivity index (χ4n) is 3.06. The average molecular weight is 363 g/mol. The number of ether oxygens (including phenoxy) is 1. The molecule has 5 nitrogen and oxygen atoms in total. The maximum Gasteiger partial charge on any atom is 0.260 e. The Balaban J connectivity index is 1.69. The minimum absolute atomic E-state index is 0.0318. The third kappa shape index (κ3) is 3.32. The highest BCUT2D eigenvalue weighted by molar-refractivity contribution is 7.22. The van der Waals surface area contributed by atoms with E-state index >= 15 is 0 Å². The number of aromatic nitrogens is 1. The summed E-state index contributed by atoms with van der Waals surface area (Å²) in [4.78, 5) is 19.5. The average Bonchev–Trinajstić information content (AvgIpc) is 3.34. The van der Waals surface area contributed by atoms with Gasteiger partial charge in [-0.05, 0) is 49.2 Å². The fourth-order valence-corrected chi connectivity index (χ4v) is 4.03. The number of hydrogen-bond acceptors (Lipinski definition) is 5. The number of benzene rings is 2. The molecule has 3 aromatic rings. The molecule has 0 unspecified atom stereocenters. The highest BCUT2D eigenvalue weighted by Crippen LogP contribution is 2.30. The first kappa shape index (κ1) is 16.7. The van der Waals surface area contributed by atoms with E-state index in [1.165, 1.54) is 11.3 Å². The number of anilines is 1. The van der Waals surface area contributed by atoms with Crippen LogP contribution in [-0.4, -0.2) is 30.1 Å². The van der Waals surface area contributed by atoms with Crippen LogP contribution < -0.4 is 4.90 Å². The van der Waals surface area contributed by atoms with E-state index in [1.807, 2.05) is 24.3 Å². The second-order valence-electron chi connectivity index (χ2n) is 6.20. The molecule has 1 aliphatic heterocycles. The highest BCUT2D eigenvalue weighted by Gasteiger charge is 2.27. The van der Waals surface area contributed by atoms with Gasteiger partial charge in [0.05, 0.1) is 34.5 Å². The van der Waals surface area contributed by atoms with Crippen LogP contribution in [-0.2, 0) is 4.74 Å². The summed E-state index contributed by atoms with van der Waals surface area (Å²) in [6.07, 6.45) is 2.00. The molecular formula is C20H17N3O2S. The third-order valence-electron chi connectivity index (χ3n) is 4.43. The topological polar surface area (TPSA) is 66.2 Å². The number of hydrogen-bond donors (Lipinski definition) is 0. The number of nitrogens with zero attached hydrogens (tertiary/aromatic N) is 3. The zero-order valence-electron chi connectivity index (χ0n) is 14.1. The van der Waals surface area contributed by atoms with E-state index in [-0.39, 0.29) is 12.0 Å². The summed E-state index contributed by atoms with van der Waals surface area (Å²) in [6, 6.07) is 16.7. The van der Waals surface area contributed by atoms with Crippen molar-refractivity contribution < 1.29 is 9.53 Å². The molecule has 1 aromatic heterocycles. The highest BCUT2D eigenvalue weighted by atomic mass is 32.1. The maximum atomic E-state index is 13.2. The van der Waals surface area contributed by atoms with Crippen molar-refractivity contribution in [3.63, 3.8) is 0 Å². The molecule has 0 spiro atoms. The standard InChI is InChI=1S/C20H17N3O2S/c21-12-14-7-9-15(10-8-14)19(24)23(13-16-4-3-11-25-16)20-22-17-5-1-2-6-18(17)26-20/h1-2,5-10,16H,3-4,11,13H2/t16-/m0/s1. The molecule has 0 aliphatic carbocycles. The Hall–Kier alpha value is -2.75. The molecule has 1 fully saturated rings. The lowest BCUT2D eigenvalue weighted by Gasteiger charge is -2.23. The Morgan fingerprint density at radius 2 is 2.08 bits per heavy atom. The van der Waals surface area contributed by atoms with Crippen LogP contribution in [0.3, 0.4) is 0 Å². The van der Waals surface area contributed by atoms with Gasteiger partial charge in [0.1, 0.15) is 0 Å². The third-order valence-corrected chi connectivity index (χ3v) is 5.49. The number of rotatable bonds is 4. The summed E-state index contributed by atoms with van der Waals surface area (Å²) in [7, 11) is 0. The zero-order chi connectivity index (χ0) is 17.9. The maximum absolute atomic E-state index is 13.2. The molecule has 1 amide bonds. The van der Waals surface area contributed by atoms with Crippen LogP contribution >= 0.6 is 11.3 Å². The van der Waals surface area contributed by atoms with Crippen LogP contribution in [0.1, 0.15) is 28.8 Å². The van der Waals surface area contributed by atoms with Crippen molar-refractivity contribution in [3.8, 4) is 6.07 Å². The van der Waals surface area contributed by atoms with Gasteiger partial charge < -0.3 is 4.74 Å². The van der Waals surface area contributed by atoms with Crippen molar-refractivity contribution in [1.82, 2.24) is 4.98 Å². The van der Waals surface area contributed by atoms with Gasteiger partial charge in [-0.25, -0.2) is 4.98 Å². The Labute approximate surface area is 155 Å². The van der Waals surface area contributed by atoms with Crippen molar-refractivity contribution in [2.45, 2.75) is 18.9 Å². The molecule has 26 heavy (non-hydrogen) atoms. The van der Waals surface area contributed by atoms with Gasteiger partial charge in [0, 0.05) is 12.2 Å². The molecule has 130 valence electrons. The minimum atomic E-state index is -0.121. The normalized spacial score (nSPS) is 16.5. The molecule has 1 saturated heterocycles. The summed E-state index contributed by atoms with van der Waals surface area (Å²) in [5, 5.41) is 9.63. The molecule has 0 bridgehead atoms. The van der Waals surface area contributed by atoms with E-state index in [4.69, 9.17) is 10.00 Å². The first-order chi connectivity index (χ1) is 12.7. The quantitative estimate of drug-likeness (QED) is 0.703. The van der Waals surface area contributed by atoms with Gasteiger partial charge in [0.15, 0.2) is 5.13 Å². The molecular weight excluding hydrogens is 346 g/mol. The van der Waals surface area contributed by atoms with Crippen molar-refractivity contribution in [1.29, 1.82) is 5.26 Å². The zero-order valence-corrected chi connectivity index (χ0v) is 14.9. The van der Waals surface area contributed by atoms with Crippen LogP contribution in [0.4, 0.5) is 5.13 Å². The van der Waals surface area contributed by atoms with E-state index in [1.54, 1.807) is 29.2 Å². The van der Waals surface area contributed by atoms with Crippen LogP contribution in [0.5, 0.6) is 0 Å². The van der Waals surface area contributed by atoms with Gasteiger partial charge in [-0.3, -0.25) is 9.69 Å². The van der Waals surface area contributed by atoms with Gasteiger partial charge in [0.2, 0.25) is 0 Å². The smallest absolute Gasteiger partial charge is 0.260 e. The Bertz CT molecular complexity index is 936. The number of fused-ring (bicyclic) bond motifs is 1. The minimum Gasteiger partial charge on any atom is -0.376 e. The Kier molecular flexibility index (Phi) is 4.65. The van der Waals surface area contributed by atoms with Gasteiger partial charge in [-0.2, -0.15) is 5.26 Å². The van der Waals surface area contributed by atoms with Crippen LogP contribution in [0, 0.1) is 11.3 Å². The molecule has 6 heteroatoms.